The van der Waals surface area contributed by atoms with Gasteiger partial charge in [-0.3, -0.25) is 0 Å². The third kappa shape index (κ3) is 4.53. The van der Waals surface area contributed by atoms with E-state index in [-0.39, 0.29) is 0 Å². The summed E-state index contributed by atoms with van der Waals surface area (Å²) >= 11 is 0. The predicted octanol–water partition coefficient (Wildman–Crippen LogP) is 3.34. The molecular weight excluding hydrogens is 262 g/mol. The van der Waals surface area contributed by atoms with E-state index in [0.717, 1.165) is 19.6 Å². The average Bonchev–Trinajstić information content (AvgIpc) is 2.48. The second kappa shape index (κ2) is 7.92. The van der Waals surface area contributed by atoms with Crippen molar-refractivity contribution in [3.05, 3.63) is 35.4 Å². The Morgan fingerprint density at radius 3 is 2.81 bits per heavy atom. The molecule has 1 unspecified atom stereocenters. The van der Waals surface area contributed by atoms with Gasteiger partial charge in [0, 0.05) is 19.8 Å². The molecule has 1 atom stereocenters. The number of aryl methyl sites for hydroxylation is 1. The van der Waals surface area contributed by atoms with Crippen LogP contribution in [0.15, 0.2) is 24.3 Å². The highest BCUT2D eigenvalue weighted by Crippen LogP contribution is 2.43. The molecule has 0 heterocycles. The van der Waals surface area contributed by atoms with E-state index in [1.54, 1.807) is 7.11 Å². The lowest BCUT2D eigenvalue weighted by atomic mass is 9.70. The van der Waals surface area contributed by atoms with Crippen LogP contribution in [0.5, 0.6) is 0 Å². The van der Waals surface area contributed by atoms with E-state index in [4.69, 9.17) is 9.47 Å². The van der Waals surface area contributed by atoms with Gasteiger partial charge in [-0.1, -0.05) is 38.1 Å². The molecule has 0 saturated carbocycles. The molecular formula is C18H29NO2. The van der Waals surface area contributed by atoms with Crippen molar-refractivity contribution >= 4 is 0 Å². The van der Waals surface area contributed by atoms with Crippen molar-refractivity contribution in [3.63, 3.8) is 0 Å². The zero-order chi connectivity index (χ0) is 15.1. The van der Waals surface area contributed by atoms with Gasteiger partial charge in [0.2, 0.25) is 0 Å². The van der Waals surface area contributed by atoms with E-state index in [2.05, 4.69) is 43.4 Å². The first-order chi connectivity index (χ1) is 10.1. The first-order valence-corrected chi connectivity index (χ1v) is 8.03. The van der Waals surface area contributed by atoms with E-state index in [1.807, 2.05) is 0 Å². The fraction of sp³-hybridized carbons (Fsp3) is 0.667. The summed E-state index contributed by atoms with van der Waals surface area (Å²) in [6.45, 7) is 7.90. The SMILES string of the molecule is COCCOCCCNC1c2ccccc2CCC1(C)C. The molecule has 0 fully saturated rings. The van der Waals surface area contributed by atoms with Crippen molar-refractivity contribution in [1.82, 2.24) is 5.32 Å². The second-order valence-corrected chi connectivity index (χ2v) is 6.53. The topological polar surface area (TPSA) is 30.5 Å². The quantitative estimate of drug-likeness (QED) is 0.745. The van der Waals surface area contributed by atoms with Gasteiger partial charge in [-0.2, -0.15) is 0 Å². The van der Waals surface area contributed by atoms with Gasteiger partial charge in [0.05, 0.1) is 13.2 Å². The van der Waals surface area contributed by atoms with Crippen LogP contribution < -0.4 is 5.32 Å². The molecule has 3 nitrogen and oxygen atoms in total. The van der Waals surface area contributed by atoms with E-state index in [0.29, 0.717) is 24.7 Å². The Hall–Kier alpha value is -0.900. The minimum Gasteiger partial charge on any atom is -0.382 e. The molecule has 1 N–H and O–H groups in total. The lowest BCUT2D eigenvalue weighted by molar-refractivity contribution is 0.0684. The molecule has 0 bridgehead atoms. The molecule has 0 spiro atoms. The van der Waals surface area contributed by atoms with E-state index in [9.17, 15) is 0 Å². The highest BCUT2D eigenvalue weighted by molar-refractivity contribution is 5.34. The highest BCUT2D eigenvalue weighted by Gasteiger charge is 2.34. The minimum absolute atomic E-state index is 0.311. The minimum atomic E-state index is 0.311. The fourth-order valence-corrected chi connectivity index (χ4v) is 3.12. The van der Waals surface area contributed by atoms with Crippen molar-refractivity contribution in [2.24, 2.45) is 5.41 Å². The van der Waals surface area contributed by atoms with Crippen molar-refractivity contribution < 1.29 is 9.47 Å². The van der Waals surface area contributed by atoms with Crippen LogP contribution >= 0.6 is 0 Å². The summed E-state index contributed by atoms with van der Waals surface area (Å²) in [6.07, 6.45) is 3.48. The summed E-state index contributed by atoms with van der Waals surface area (Å²) in [5.41, 5.74) is 3.30. The number of hydrogen-bond acceptors (Lipinski definition) is 3. The lowest BCUT2D eigenvalue weighted by Gasteiger charge is -2.40. The van der Waals surface area contributed by atoms with Crippen molar-refractivity contribution in [2.75, 3.05) is 33.5 Å². The van der Waals surface area contributed by atoms with E-state index in [1.165, 1.54) is 24.0 Å². The Kier molecular flexibility index (Phi) is 6.22. The van der Waals surface area contributed by atoms with Crippen LogP contribution in [0.4, 0.5) is 0 Å². The molecule has 21 heavy (non-hydrogen) atoms. The zero-order valence-electron chi connectivity index (χ0n) is 13.7. The Balaban J connectivity index is 1.83. The number of ether oxygens (including phenoxy) is 2. The Bertz CT molecular complexity index is 431. The van der Waals surface area contributed by atoms with Crippen molar-refractivity contribution in [2.45, 2.75) is 39.2 Å². The maximum Gasteiger partial charge on any atom is 0.0700 e. The second-order valence-electron chi connectivity index (χ2n) is 6.53. The zero-order valence-corrected chi connectivity index (χ0v) is 13.7. The average molecular weight is 291 g/mol. The molecule has 0 radical (unpaired) electrons. The van der Waals surface area contributed by atoms with E-state index >= 15 is 0 Å². The molecule has 1 aromatic carbocycles. The molecule has 1 aliphatic rings. The van der Waals surface area contributed by atoms with Gasteiger partial charge < -0.3 is 14.8 Å². The molecule has 2 rings (SSSR count). The predicted molar refractivity (Wildman–Crippen MR) is 86.6 cm³/mol. The Labute approximate surface area is 129 Å². The molecule has 0 aliphatic heterocycles. The summed E-state index contributed by atoms with van der Waals surface area (Å²) in [7, 11) is 1.70. The maximum atomic E-state index is 5.52. The van der Waals surface area contributed by atoms with Gasteiger partial charge in [0.1, 0.15) is 0 Å². The van der Waals surface area contributed by atoms with Gasteiger partial charge >= 0.3 is 0 Å². The summed E-state index contributed by atoms with van der Waals surface area (Å²) in [6, 6.07) is 9.30. The molecule has 0 saturated heterocycles. The normalized spacial score (nSPS) is 20.2. The van der Waals surface area contributed by atoms with E-state index < -0.39 is 0 Å². The van der Waals surface area contributed by atoms with Crippen LogP contribution in [0.3, 0.4) is 0 Å². The Morgan fingerprint density at radius 2 is 2.00 bits per heavy atom. The molecule has 1 aromatic rings. The largest absolute Gasteiger partial charge is 0.382 e. The molecule has 118 valence electrons. The van der Waals surface area contributed by atoms with Gasteiger partial charge in [-0.25, -0.2) is 0 Å². The van der Waals surface area contributed by atoms with Crippen LogP contribution in [0.25, 0.3) is 0 Å². The van der Waals surface area contributed by atoms with Crippen molar-refractivity contribution in [1.29, 1.82) is 0 Å². The number of hydrogen-bond donors (Lipinski definition) is 1. The number of methoxy groups -OCH3 is 1. The van der Waals surface area contributed by atoms with Crippen LogP contribution in [-0.2, 0) is 15.9 Å². The maximum absolute atomic E-state index is 5.52. The van der Waals surface area contributed by atoms with Gasteiger partial charge in [-0.05, 0) is 42.3 Å². The third-order valence-corrected chi connectivity index (χ3v) is 4.43. The summed E-state index contributed by atoms with van der Waals surface area (Å²) in [5, 5.41) is 3.75. The van der Waals surface area contributed by atoms with Crippen LogP contribution in [0.2, 0.25) is 0 Å². The number of nitrogens with one attached hydrogen (secondary N) is 1. The first-order valence-electron chi connectivity index (χ1n) is 8.03. The standard InChI is InChI=1S/C18H29NO2/c1-18(2)10-9-15-7-4-5-8-16(15)17(18)19-11-6-12-21-14-13-20-3/h4-5,7-8,17,19H,6,9-14H2,1-3H3. The fourth-order valence-electron chi connectivity index (χ4n) is 3.12. The van der Waals surface area contributed by atoms with Crippen LogP contribution in [0.1, 0.15) is 43.9 Å². The molecule has 0 amide bonds. The number of fused-ring (bicyclic) bond motifs is 1. The summed E-state index contributed by atoms with van der Waals surface area (Å²) < 4.78 is 10.5. The molecule has 1 aliphatic carbocycles. The third-order valence-electron chi connectivity index (χ3n) is 4.43. The highest BCUT2D eigenvalue weighted by atomic mass is 16.5. The number of benzene rings is 1. The first kappa shape index (κ1) is 16.5. The smallest absolute Gasteiger partial charge is 0.0700 e. The Morgan fingerprint density at radius 1 is 1.19 bits per heavy atom. The lowest BCUT2D eigenvalue weighted by Crippen LogP contribution is -2.38. The summed E-state index contributed by atoms with van der Waals surface area (Å²) in [4.78, 5) is 0. The molecule has 0 aromatic heterocycles. The van der Waals surface area contributed by atoms with Gasteiger partial charge in [-0.15, -0.1) is 0 Å². The van der Waals surface area contributed by atoms with Crippen molar-refractivity contribution in [3.8, 4) is 0 Å². The molecule has 3 heteroatoms. The van der Waals surface area contributed by atoms with Crippen LogP contribution in [0, 0.1) is 5.41 Å². The summed E-state index contributed by atoms with van der Waals surface area (Å²) in [5.74, 6) is 0. The monoisotopic (exact) mass is 291 g/mol. The van der Waals surface area contributed by atoms with Gasteiger partial charge in [0.15, 0.2) is 0 Å². The van der Waals surface area contributed by atoms with Crippen LogP contribution in [-0.4, -0.2) is 33.5 Å². The van der Waals surface area contributed by atoms with Gasteiger partial charge in [0.25, 0.3) is 0 Å². The number of rotatable bonds is 8.